The van der Waals surface area contributed by atoms with Crippen LogP contribution in [0.15, 0.2) is 281 Å². The zero-order chi connectivity index (χ0) is 73.5. The molecule has 29 heteroatoms. The molecule has 0 aliphatic carbocycles. The van der Waals surface area contributed by atoms with Gasteiger partial charge in [-0.1, -0.05) is 146 Å². The number of nitrogens with two attached hydrogens (primary N) is 2. The number of nitrogen functional groups attached to an aromatic ring is 1. The average molecular weight is 1470 g/mol. The van der Waals surface area contributed by atoms with Crippen LogP contribution in [0.2, 0.25) is 0 Å². The molecule has 9 aromatic heterocycles. The molecule has 17 rings (SSSR count). The van der Waals surface area contributed by atoms with Crippen molar-refractivity contribution in [2.75, 3.05) is 27.0 Å². The molecule has 0 saturated heterocycles. The summed E-state index contributed by atoms with van der Waals surface area (Å²) in [5, 5.41) is 20.8. The van der Waals surface area contributed by atoms with Crippen LogP contribution >= 0.6 is 0 Å². The van der Waals surface area contributed by atoms with E-state index in [0.717, 1.165) is 78.5 Å². The Morgan fingerprint density at radius 3 is 1.23 bits per heavy atom. The van der Waals surface area contributed by atoms with Crippen molar-refractivity contribution in [3.8, 4) is 67.5 Å². The van der Waals surface area contributed by atoms with E-state index in [9.17, 15) is 25.3 Å². The molecular formula is C78H60N20O6S3. The summed E-state index contributed by atoms with van der Waals surface area (Å²) in [6, 6.07) is 69.2. The predicted octanol–water partition coefficient (Wildman–Crippen LogP) is 12.7. The summed E-state index contributed by atoms with van der Waals surface area (Å²) in [6.07, 6.45) is 13.9. The molecule has 107 heavy (non-hydrogen) atoms. The van der Waals surface area contributed by atoms with Gasteiger partial charge in [0.05, 0.1) is 75.1 Å². The highest BCUT2D eigenvalue weighted by Gasteiger charge is 2.27. The largest absolute Gasteiger partial charge is 0.383 e. The van der Waals surface area contributed by atoms with Crippen LogP contribution in [0, 0.1) is 0 Å². The Morgan fingerprint density at radius 2 is 0.813 bits per heavy atom. The molecule has 0 radical (unpaired) electrons. The highest BCUT2D eigenvalue weighted by atomic mass is 32.2. The summed E-state index contributed by atoms with van der Waals surface area (Å²) in [5.41, 5.74) is 18.1. The molecule has 0 atom stereocenters. The number of benzene rings is 6. The van der Waals surface area contributed by atoms with E-state index in [2.05, 4.69) is 60.3 Å². The first-order valence-electron chi connectivity index (χ1n) is 33.1. The quantitative estimate of drug-likeness (QED) is 0.0472. The van der Waals surface area contributed by atoms with Crippen LogP contribution < -0.4 is 36.9 Å². The Bertz CT molecular complexity index is 6290. The molecule has 15 aromatic rings. The van der Waals surface area contributed by atoms with Crippen LogP contribution in [0.3, 0.4) is 0 Å². The second-order valence-corrected chi connectivity index (χ2v) is 28.9. The number of hydrogen-bond acceptors (Lipinski definition) is 23. The van der Waals surface area contributed by atoms with Crippen molar-refractivity contribution in [2.24, 2.45) is 9.54 Å². The summed E-state index contributed by atoms with van der Waals surface area (Å²) < 4.78 is 79.9. The molecular weight excluding hydrogens is 1410 g/mol. The minimum atomic E-state index is -4.07. The molecule has 0 fully saturated rings. The van der Waals surface area contributed by atoms with Gasteiger partial charge in [-0.2, -0.15) is 8.42 Å². The number of aromatic nitrogens is 12. The molecule has 2 aliphatic heterocycles. The first-order valence-corrected chi connectivity index (χ1v) is 37.6. The molecule has 26 nitrogen and oxygen atoms in total. The second kappa shape index (κ2) is 29.9. The Kier molecular flexibility index (Phi) is 19.3. The summed E-state index contributed by atoms with van der Waals surface area (Å²) in [7, 11) is -11.6. The maximum absolute atomic E-state index is 12.5. The van der Waals surface area contributed by atoms with Crippen molar-refractivity contribution in [2.45, 2.75) is 34.3 Å². The summed E-state index contributed by atoms with van der Waals surface area (Å²) in [5.74, 6) is 2.84. The topological polar surface area (TPSA) is 382 Å². The predicted molar refractivity (Wildman–Crippen MR) is 414 cm³/mol. The van der Waals surface area contributed by atoms with Crippen LogP contribution in [0.25, 0.3) is 106 Å². The molecule has 0 spiro atoms. The monoisotopic (exact) mass is 1470 g/mol. The molecule has 2 aliphatic rings. The van der Waals surface area contributed by atoms with E-state index < -0.39 is 30.1 Å². The van der Waals surface area contributed by atoms with Crippen molar-refractivity contribution in [1.82, 2.24) is 64.5 Å². The number of primary sulfonamides is 1. The minimum absolute atomic E-state index is 0.0211. The molecule has 0 unspecified atom stereocenters. The van der Waals surface area contributed by atoms with Crippen molar-refractivity contribution in [1.29, 1.82) is 0 Å². The number of anilines is 5. The Morgan fingerprint density at radius 1 is 0.411 bits per heavy atom. The van der Waals surface area contributed by atoms with Gasteiger partial charge >= 0.3 is 0 Å². The van der Waals surface area contributed by atoms with E-state index in [-0.39, 0.29) is 32.1 Å². The lowest BCUT2D eigenvalue weighted by atomic mass is 10.0. The standard InChI is InChI=1S/C27H20N6O2S.C26H19N7O2S.C25H21N7O2S/c34-36(35)24-15-19(16-29-22(24)12-14-31-36)26-32-23-11-6-10-21(18-7-2-1-3-8-18)25(23)27(33-26)30-17-20-9-4-5-13-28-20;34-36(35)22-13-18(14-28-25(22)30-16-31-36)24-32-21-11-6-10-20(17-7-2-1-3-8-17)23(21)26(33-24)29-15-19-9-4-5-12-27-19;26-23-21(35(27,33)34)13-17(14-29-23)24-31-20-11-6-10-19(16-7-2-1-3-8-16)22(20)25(32-24)30-15-18-9-4-5-12-28-18/h1-16,31H,17H2,(H,30,32,33);1-14,16H,15H2,(H,28,30,31)(H,29,32,33);1-14H,15H2,(H2,26,29)(H2,27,33,34)(H,30,31,32). The fraction of sp³-hybridized carbons (Fsp3) is 0.0385. The van der Waals surface area contributed by atoms with E-state index in [4.69, 9.17) is 40.8 Å². The first kappa shape index (κ1) is 69.0. The first-order chi connectivity index (χ1) is 52.1. The van der Waals surface area contributed by atoms with Gasteiger partial charge in [0, 0.05) is 60.1 Å². The molecule has 11 heterocycles. The van der Waals surface area contributed by atoms with Crippen LogP contribution in [-0.2, 0) is 49.7 Å². The highest BCUT2D eigenvalue weighted by Crippen LogP contribution is 2.39. The lowest BCUT2D eigenvalue weighted by Gasteiger charge is -2.16. The van der Waals surface area contributed by atoms with E-state index in [0.29, 0.717) is 82.2 Å². The third kappa shape index (κ3) is 15.2. The van der Waals surface area contributed by atoms with Gasteiger partial charge in [0.25, 0.3) is 20.0 Å². The fourth-order valence-electron chi connectivity index (χ4n) is 12.0. The Labute approximate surface area is 613 Å². The highest BCUT2D eigenvalue weighted by molar-refractivity contribution is 7.90. The van der Waals surface area contributed by atoms with Crippen molar-refractivity contribution in [3.05, 3.63) is 285 Å². The van der Waals surface area contributed by atoms with E-state index in [1.54, 1.807) is 43.1 Å². The zero-order valence-corrected chi connectivity index (χ0v) is 58.7. The SMILES string of the molecule is Nc1ncc(-c2nc(NCc3ccccn3)c3c(-c4ccccc4)cccc3n2)cc1S(N)(=O)=O.O=S1(=O)N=CNc2ncc(-c3nc(NCc4ccccn4)c4c(-c5ccccc5)cccc4n3)cc21.O=S1(=O)NC=Cc2ncc(-c3nc(NCc4ccccn4)c4c(-c5ccccc5)cccc4n3)cc21. The van der Waals surface area contributed by atoms with Crippen molar-refractivity contribution < 1.29 is 25.3 Å². The van der Waals surface area contributed by atoms with E-state index in [1.165, 1.54) is 24.5 Å². The van der Waals surface area contributed by atoms with E-state index >= 15 is 0 Å². The maximum atomic E-state index is 12.5. The van der Waals surface area contributed by atoms with Crippen LogP contribution in [0.1, 0.15) is 22.8 Å². The average Bonchev–Trinajstić information content (AvgIpc) is 0.776. The lowest BCUT2D eigenvalue weighted by molar-refractivity contribution is 0.588. The fourth-order valence-corrected chi connectivity index (χ4v) is 14.6. The van der Waals surface area contributed by atoms with E-state index in [1.807, 2.05) is 200 Å². The van der Waals surface area contributed by atoms with Gasteiger partial charge < -0.3 is 27.0 Å². The molecule has 0 amide bonds. The van der Waals surface area contributed by atoms with Crippen LogP contribution in [-0.4, -0.2) is 91.4 Å². The molecule has 9 N–H and O–H groups in total. The molecule has 6 aromatic carbocycles. The number of nitrogens with one attached hydrogen (secondary N) is 5. The van der Waals surface area contributed by atoms with Gasteiger partial charge in [0.15, 0.2) is 23.3 Å². The number of pyridine rings is 6. The Balaban J connectivity index is 0.000000128. The van der Waals surface area contributed by atoms with Gasteiger partial charge in [-0.15, -0.1) is 4.40 Å². The normalized spacial score (nSPS) is 12.9. The summed E-state index contributed by atoms with van der Waals surface area (Å²) >= 11 is 0. The third-order valence-electron chi connectivity index (χ3n) is 17.0. The van der Waals surface area contributed by atoms with Gasteiger partial charge in [0.1, 0.15) is 44.3 Å². The summed E-state index contributed by atoms with van der Waals surface area (Å²) in [6.45, 7) is 1.34. The number of rotatable bonds is 16. The molecule has 526 valence electrons. The third-order valence-corrected chi connectivity index (χ3v) is 20.6. The zero-order valence-electron chi connectivity index (χ0n) is 56.2. The Hall–Kier alpha value is -13.7. The molecule has 0 saturated carbocycles. The van der Waals surface area contributed by atoms with Crippen molar-refractivity contribution in [3.63, 3.8) is 0 Å². The number of sulfonamides is 3. The summed E-state index contributed by atoms with van der Waals surface area (Å²) in [4.78, 5) is 54.3. The van der Waals surface area contributed by atoms with Crippen LogP contribution in [0.4, 0.5) is 29.1 Å². The smallest absolute Gasteiger partial charge is 0.287 e. The minimum Gasteiger partial charge on any atom is -0.383 e. The maximum Gasteiger partial charge on any atom is 0.287 e. The molecule has 0 bridgehead atoms. The van der Waals surface area contributed by atoms with Gasteiger partial charge in [-0.25, -0.2) is 61.8 Å². The van der Waals surface area contributed by atoms with Gasteiger partial charge in [0.2, 0.25) is 10.0 Å². The number of fused-ring (bicyclic) bond motifs is 5. The second-order valence-electron chi connectivity index (χ2n) is 24.0. The van der Waals surface area contributed by atoms with Gasteiger partial charge in [-0.05, 0) is 112 Å². The number of hydrogen-bond donors (Lipinski definition) is 7. The van der Waals surface area contributed by atoms with Crippen molar-refractivity contribution >= 4 is 104 Å². The van der Waals surface area contributed by atoms with Crippen LogP contribution in [0.5, 0.6) is 0 Å². The lowest BCUT2D eigenvalue weighted by Crippen LogP contribution is -2.22. The number of nitrogens with zero attached hydrogens (tertiary/aromatic N) is 13. The van der Waals surface area contributed by atoms with Gasteiger partial charge in [-0.3, -0.25) is 24.7 Å².